The van der Waals surface area contributed by atoms with Crippen molar-refractivity contribution >= 4 is 34.8 Å². The van der Waals surface area contributed by atoms with E-state index in [2.05, 4.69) is 5.32 Å². The molecule has 1 N–H and O–H groups in total. The van der Waals surface area contributed by atoms with Crippen molar-refractivity contribution in [1.29, 1.82) is 0 Å². The van der Waals surface area contributed by atoms with E-state index in [1.807, 2.05) is 18.2 Å². The summed E-state index contributed by atoms with van der Waals surface area (Å²) in [5.41, 5.74) is 2.43. The molecule has 5 heteroatoms. The van der Waals surface area contributed by atoms with Gasteiger partial charge in [0, 0.05) is 18.1 Å². The highest BCUT2D eigenvalue weighted by atomic mass is 35.5. The van der Waals surface area contributed by atoms with Gasteiger partial charge in [-0.3, -0.25) is 0 Å². The Morgan fingerprint density at radius 1 is 1.44 bits per heavy atom. The van der Waals surface area contributed by atoms with Crippen molar-refractivity contribution in [3.8, 4) is 5.75 Å². The third kappa shape index (κ3) is 4.36. The SMILES string of the molecule is ClC=C(Cl)COc1ccc(CNC2CC2)cc1Cl. The number of benzene rings is 1. The van der Waals surface area contributed by atoms with Crippen molar-refractivity contribution in [2.45, 2.75) is 25.4 Å². The normalized spacial score (nSPS) is 15.8. The van der Waals surface area contributed by atoms with Gasteiger partial charge >= 0.3 is 0 Å². The second-order valence-electron chi connectivity index (χ2n) is 4.26. The zero-order valence-corrected chi connectivity index (χ0v) is 12.0. The third-order valence-corrected chi connectivity index (χ3v) is 3.54. The maximum absolute atomic E-state index is 6.14. The minimum absolute atomic E-state index is 0.227. The number of rotatable bonds is 6. The Bertz CT molecular complexity index is 444. The van der Waals surface area contributed by atoms with Crippen LogP contribution in [0, 0.1) is 0 Å². The zero-order valence-electron chi connectivity index (χ0n) is 9.76. The van der Waals surface area contributed by atoms with Gasteiger partial charge in [-0.2, -0.15) is 0 Å². The van der Waals surface area contributed by atoms with Gasteiger partial charge in [-0.05, 0) is 30.5 Å². The molecule has 0 heterocycles. The number of hydrogen-bond donors (Lipinski definition) is 1. The van der Waals surface area contributed by atoms with Crippen LogP contribution in [0.3, 0.4) is 0 Å². The molecule has 18 heavy (non-hydrogen) atoms. The fourth-order valence-corrected chi connectivity index (χ4v) is 1.87. The van der Waals surface area contributed by atoms with Crippen LogP contribution in [-0.4, -0.2) is 12.6 Å². The molecule has 0 unspecified atom stereocenters. The van der Waals surface area contributed by atoms with Crippen molar-refractivity contribution in [2.75, 3.05) is 6.61 Å². The summed E-state index contributed by atoms with van der Waals surface area (Å²) in [6.07, 6.45) is 2.55. The third-order valence-electron chi connectivity index (χ3n) is 2.65. The molecule has 0 aliphatic heterocycles. The van der Waals surface area contributed by atoms with E-state index in [1.54, 1.807) is 0 Å². The summed E-state index contributed by atoms with van der Waals surface area (Å²) in [4.78, 5) is 0. The first-order valence-corrected chi connectivity index (χ1v) is 6.97. The van der Waals surface area contributed by atoms with Gasteiger partial charge in [0.2, 0.25) is 0 Å². The Kier molecular flexibility index (Phi) is 5.19. The van der Waals surface area contributed by atoms with Gasteiger partial charge in [-0.1, -0.05) is 40.9 Å². The van der Waals surface area contributed by atoms with E-state index in [9.17, 15) is 0 Å². The highest BCUT2D eigenvalue weighted by molar-refractivity contribution is 6.36. The second-order valence-corrected chi connectivity index (χ2v) is 5.38. The summed E-state index contributed by atoms with van der Waals surface area (Å²) >= 11 is 17.3. The molecule has 0 saturated heterocycles. The fraction of sp³-hybridized carbons (Fsp3) is 0.385. The van der Waals surface area contributed by atoms with Crippen LogP contribution in [0.2, 0.25) is 5.02 Å². The molecule has 1 aromatic carbocycles. The maximum Gasteiger partial charge on any atom is 0.138 e. The minimum Gasteiger partial charge on any atom is -0.486 e. The summed E-state index contributed by atoms with van der Waals surface area (Å²) in [6, 6.07) is 6.44. The molecule has 1 aliphatic carbocycles. The lowest BCUT2D eigenvalue weighted by molar-refractivity contribution is 0.359. The van der Waals surface area contributed by atoms with Crippen molar-refractivity contribution in [2.24, 2.45) is 0 Å². The fourth-order valence-electron chi connectivity index (χ4n) is 1.50. The van der Waals surface area contributed by atoms with Crippen LogP contribution in [-0.2, 0) is 6.54 Å². The van der Waals surface area contributed by atoms with Crippen LogP contribution in [0.25, 0.3) is 0 Å². The molecule has 98 valence electrons. The Balaban J connectivity index is 1.91. The average Bonchev–Trinajstić information content (AvgIpc) is 3.18. The first-order chi connectivity index (χ1) is 8.69. The predicted octanol–water partition coefficient (Wildman–Crippen LogP) is 4.29. The van der Waals surface area contributed by atoms with Crippen LogP contribution in [0.4, 0.5) is 0 Å². The monoisotopic (exact) mass is 305 g/mol. The van der Waals surface area contributed by atoms with E-state index >= 15 is 0 Å². The highest BCUT2D eigenvalue weighted by Crippen LogP contribution is 2.27. The molecule has 2 rings (SSSR count). The highest BCUT2D eigenvalue weighted by Gasteiger charge is 2.20. The number of hydrogen-bond acceptors (Lipinski definition) is 2. The van der Waals surface area contributed by atoms with Crippen LogP contribution >= 0.6 is 34.8 Å². The minimum atomic E-state index is 0.227. The van der Waals surface area contributed by atoms with Gasteiger partial charge in [-0.15, -0.1) is 0 Å². The summed E-state index contributed by atoms with van der Waals surface area (Å²) in [6.45, 7) is 1.07. The number of ether oxygens (including phenoxy) is 1. The van der Waals surface area contributed by atoms with Crippen molar-refractivity contribution in [1.82, 2.24) is 5.32 Å². The smallest absolute Gasteiger partial charge is 0.138 e. The van der Waals surface area contributed by atoms with E-state index in [-0.39, 0.29) is 6.61 Å². The van der Waals surface area contributed by atoms with Crippen LogP contribution in [0.5, 0.6) is 5.75 Å². The lowest BCUT2D eigenvalue weighted by atomic mass is 10.2. The standard InChI is InChI=1S/C13H14Cl3NO/c14-6-10(15)8-18-13-4-1-9(5-12(13)16)7-17-11-2-3-11/h1,4-6,11,17H,2-3,7-8H2. The Morgan fingerprint density at radius 2 is 2.22 bits per heavy atom. The van der Waals surface area contributed by atoms with E-state index in [4.69, 9.17) is 39.5 Å². The van der Waals surface area contributed by atoms with Gasteiger partial charge < -0.3 is 10.1 Å². The molecule has 2 nitrogen and oxygen atoms in total. The Morgan fingerprint density at radius 3 is 2.83 bits per heavy atom. The van der Waals surface area contributed by atoms with Crippen molar-refractivity contribution in [3.63, 3.8) is 0 Å². The molecule has 0 spiro atoms. The van der Waals surface area contributed by atoms with E-state index < -0.39 is 0 Å². The molecule has 1 aromatic rings. The van der Waals surface area contributed by atoms with Crippen LogP contribution < -0.4 is 10.1 Å². The molecule has 0 radical (unpaired) electrons. The van der Waals surface area contributed by atoms with Crippen molar-refractivity contribution in [3.05, 3.63) is 39.4 Å². The molecule has 0 bridgehead atoms. The van der Waals surface area contributed by atoms with E-state index in [1.165, 1.54) is 18.4 Å². The quantitative estimate of drug-likeness (QED) is 0.846. The number of nitrogens with one attached hydrogen (secondary N) is 1. The summed E-state index contributed by atoms with van der Waals surface area (Å²) in [5.74, 6) is 0.614. The summed E-state index contributed by atoms with van der Waals surface area (Å²) in [7, 11) is 0. The molecule has 0 atom stereocenters. The molecule has 1 saturated carbocycles. The Hall–Kier alpha value is -0.410. The molecular weight excluding hydrogens is 293 g/mol. The van der Waals surface area contributed by atoms with Crippen LogP contribution in [0.15, 0.2) is 28.8 Å². The Labute approximate surface area is 122 Å². The molecule has 0 amide bonds. The van der Waals surface area contributed by atoms with E-state index in [0.717, 1.165) is 12.1 Å². The van der Waals surface area contributed by atoms with Crippen molar-refractivity contribution < 1.29 is 4.74 Å². The average molecular weight is 307 g/mol. The first-order valence-electron chi connectivity index (χ1n) is 5.78. The molecular formula is C13H14Cl3NO. The summed E-state index contributed by atoms with van der Waals surface area (Å²) in [5, 5.41) is 4.46. The van der Waals surface area contributed by atoms with Gasteiger partial charge in [0.15, 0.2) is 0 Å². The topological polar surface area (TPSA) is 21.3 Å². The second kappa shape index (κ2) is 6.67. The van der Waals surface area contributed by atoms with Gasteiger partial charge in [0.05, 0.1) is 10.1 Å². The van der Waals surface area contributed by atoms with Gasteiger partial charge in [-0.25, -0.2) is 0 Å². The zero-order chi connectivity index (χ0) is 13.0. The number of halogens is 3. The van der Waals surface area contributed by atoms with Gasteiger partial charge in [0.1, 0.15) is 12.4 Å². The molecule has 1 fully saturated rings. The van der Waals surface area contributed by atoms with Gasteiger partial charge in [0.25, 0.3) is 0 Å². The van der Waals surface area contributed by atoms with E-state index in [0.29, 0.717) is 21.8 Å². The molecule has 1 aliphatic rings. The maximum atomic E-state index is 6.14. The largest absolute Gasteiger partial charge is 0.486 e. The molecule has 0 aromatic heterocycles. The lowest BCUT2D eigenvalue weighted by Crippen LogP contribution is -2.15. The first kappa shape index (κ1) is 14.0. The predicted molar refractivity (Wildman–Crippen MR) is 76.6 cm³/mol. The lowest BCUT2D eigenvalue weighted by Gasteiger charge is -2.09. The summed E-state index contributed by atoms with van der Waals surface area (Å²) < 4.78 is 5.45. The van der Waals surface area contributed by atoms with Crippen LogP contribution in [0.1, 0.15) is 18.4 Å².